The van der Waals surface area contributed by atoms with E-state index in [4.69, 9.17) is 0 Å². The summed E-state index contributed by atoms with van der Waals surface area (Å²) in [6.07, 6.45) is -1.68. The van der Waals surface area contributed by atoms with Gasteiger partial charge in [0.05, 0.1) is 7.11 Å². The smallest absolute Gasteiger partial charge is 0.341 e. The van der Waals surface area contributed by atoms with Crippen LogP contribution in [0.3, 0.4) is 0 Å². The lowest BCUT2D eigenvalue weighted by Gasteiger charge is -2.07. The Morgan fingerprint density at radius 3 is 2.43 bits per heavy atom. The number of esters is 1. The van der Waals surface area contributed by atoms with Crippen LogP contribution in [0.2, 0.25) is 0 Å². The summed E-state index contributed by atoms with van der Waals surface area (Å²) < 4.78 is 29.1. The molecule has 80 valence electrons. The molecule has 0 unspecified atom stereocenters. The number of rotatable bonds is 4. The predicted molar refractivity (Wildman–Crippen MR) is 48.5 cm³/mol. The van der Waals surface area contributed by atoms with E-state index in [-0.39, 0.29) is 5.57 Å². The molecule has 0 aromatic rings. The number of alkyl halides is 2. The normalized spacial score (nSPS) is 13.0. The molecule has 0 saturated carbocycles. The Bertz CT molecular complexity index is 262. The van der Waals surface area contributed by atoms with Gasteiger partial charge in [-0.2, -0.15) is 0 Å². The van der Waals surface area contributed by atoms with Crippen molar-refractivity contribution in [1.29, 1.82) is 0 Å². The number of ether oxygens (including phenoxy) is 1. The molecule has 0 aliphatic carbocycles. The van der Waals surface area contributed by atoms with Crippen LogP contribution >= 0.6 is 0 Å². The third kappa shape index (κ3) is 3.12. The molecule has 0 spiro atoms. The van der Waals surface area contributed by atoms with Crippen LogP contribution in [0.15, 0.2) is 16.8 Å². The van der Waals surface area contributed by atoms with E-state index in [1.165, 1.54) is 14.1 Å². The van der Waals surface area contributed by atoms with E-state index in [1.807, 2.05) is 0 Å². The first-order valence-corrected chi connectivity index (χ1v) is 3.79. The van der Waals surface area contributed by atoms with Gasteiger partial charge in [-0.25, -0.2) is 13.6 Å². The number of carbonyl (C=O) groups is 1. The second kappa shape index (κ2) is 6.06. The van der Waals surface area contributed by atoms with Crippen molar-refractivity contribution >= 4 is 11.7 Å². The van der Waals surface area contributed by atoms with Gasteiger partial charge in [-0.3, -0.25) is 4.99 Å². The fourth-order valence-electron chi connectivity index (χ4n) is 0.827. The Hall–Kier alpha value is -1.46. The Morgan fingerprint density at radius 1 is 1.57 bits per heavy atom. The first-order chi connectivity index (χ1) is 6.58. The SMILES string of the molecule is C/N=C(\C(=C/NC)C(=O)OC)C(F)F. The van der Waals surface area contributed by atoms with E-state index in [0.717, 1.165) is 13.3 Å². The lowest BCUT2D eigenvalue weighted by molar-refractivity contribution is -0.135. The molecule has 6 heteroatoms. The van der Waals surface area contributed by atoms with E-state index in [2.05, 4.69) is 15.0 Å². The van der Waals surface area contributed by atoms with Crippen LogP contribution in [0.5, 0.6) is 0 Å². The van der Waals surface area contributed by atoms with Crippen molar-refractivity contribution in [3.8, 4) is 0 Å². The standard InChI is InChI=1S/C8H12F2N2O2/c1-11-4-5(8(13)14-3)6(12-2)7(9)10/h4,7,11H,1-3H3/b5-4+,12-6+. The topological polar surface area (TPSA) is 50.7 Å². The molecular formula is C8H12F2N2O2. The zero-order chi connectivity index (χ0) is 11.1. The summed E-state index contributed by atoms with van der Waals surface area (Å²) in [5.74, 6) is -0.847. The molecule has 0 heterocycles. The van der Waals surface area contributed by atoms with Gasteiger partial charge in [-0.15, -0.1) is 0 Å². The average molecular weight is 206 g/mol. The number of aliphatic imine (C=N–C) groups is 1. The maximum absolute atomic E-state index is 12.4. The molecular weight excluding hydrogens is 194 g/mol. The lowest BCUT2D eigenvalue weighted by atomic mass is 10.2. The largest absolute Gasteiger partial charge is 0.465 e. The number of hydrogen-bond acceptors (Lipinski definition) is 4. The molecule has 0 saturated heterocycles. The highest BCUT2D eigenvalue weighted by molar-refractivity contribution is 6.20. The maximum atomic E-state index is 12.4. The van der Waals surface area contributed by atoms with Crippen LogP contribution in [-0.2, 0) is 9.53 Å². The van der Waals surface area contributed by atoms with Crippen molar-refractivity contribution in [2.75, 3.05) is 21.2 Å². The average Bonchev–Trinajstić information content (AvgIpc) is 2.16. The Labute approximate surface area is 80.7 Å². The number of carbonyl (C=O) groups excluding carboxylic acids is 1. The molecule has 0 aromatic heterocycles. The van der Waals surface area contributed by atoms with Gasteiger partial charge in [-0.05, 0) is 0 Å². The zero-order valence-electron chi connectivity index (χ0n) is 8.17. The molecule has 4 nitrogen and oxygen atoms in total. The highest BCUT2D eigenvalue weighted by Gasteiger charge is 2.23. The first kappa shape index (κ1) is 12.5. The summed E-state index contributed by atoms with van der Waals surface area (Å²) in [5, 5.41) is 2.48. The van der Waals surface area contributed by atoms with Crippen LogP contribution in [0.25, 0.3) is 0 Å². The zero-order valence-corrected chi connectivity index (χ0v) is 8.17. The number of methoxy groups -OCH3 is 1. The van der Waals surface area contributed by atoms with E-state index in [1.54, 1.807) is 0 Å². The van der Waals surface area contributed by atoms with Gasteiger partial charge in [0, 0.05) is 20.3 Å². The highest BCUT2D eigenvalue weighted by Crippen LogP contribution is 2.08. The van der Waals surface area contributed by atoms with Crippen LogP contribution in [0.4, 0.5) is 8.78 Å². The van der Waals surface area contributed by atoms with Crippen LogP contribution in [0, 0.1) is 0 Å². The van der Waals surface area contributed by atoms with Gasteiger partial charge in [0.1, 0.15) is 11.3 Å². The Balaban J connectivity index is 5.01. The summed E-state index contributed by atoms with van der Waals surface area (Å²) in [7, 11) is 3.79. The summed E-state index contributed by atoms with van der Waals surface area (Å²) in [6, 6.07) is 0. The molecule has 0 aliphatic heterocycles. The monoisotopic (exact) mass is 206 g/mol. The molecule has 0 aromatic carbocycles. The van der Waals surface area contributed by atoms with Crippen LogP contribution in [-0.4, -0.2) is 39.3 Å². The molecule has 0 atom stereocenters. The predicted octanol–water partition coefficient (Wildman–Crippen LogP) is 0.599. The minimum Gasteiger partial charge on any atom is -0.465 e. The van der Waals surface area contributed by atoms with Crippen molar-refractivity contribution in [3.63, 3.8) is 0 Å². The summed E-state index contributed by atoms with van der Waals surface area (Å²) >= 11 is 0. The van der Waals surface area contributed by atoms with Crippen molar-refractivity contribution < 1.29 is 18.3 Å². The third-order valence-corrected chi connectivity index (χ3v) is 1.42. The van der Waals surface area contributed by atoms with E-state index in [9.17, 15) is 13.6 Å². The van der Waals surface area contributed by atoms with Crippen molar-refractivity contribution in [3.05, 3.63) is 11.8 Å². The Morgan fingerprint density at radius 2 is 2.14 bits per heavy atom. The van der Waals surface area contributed by atoms with Gasteiger partial charge in [-0.1, -0.05) is 0 Å². The highest BCUT2D eigenvalue weighted by atomic mass is 19.3. The van der Waals surface area contributed by atoms with E-state index in [0.29, 0.717) is 0 Å². The molecule has 0 bridgehead atoms. The number of nitrogens with one attached hydrogen (secondary N) is 1. The summed E-state index contributed by atoms with van der Waals surface area (Å²) in [4.78, 5) is 14.4. The van der Waals surface area contributed by atoms with Crippen molar-refractivity contribution in [2.24, 2.45) is 4.99 Å². The third-order valence-electron chi connectivity index (χ3n) is 1.42. The molecule has 1 N–H and O–H groups in total. The maximum Gasteiger partial charge on any atom is 0.341 e. The van der Waals surface area contributed by atoms with Crippen molar-refractivity contribution in [1.82, 2.24) is 5.32 Å². The fraction of sp³-hybridized carbons (Fsp3) is 0.500. The molecule has 0 fully saturated rings. The number of nitrogens with zero attached hydrogens (tertiary/aromatic N) is 1. The molecule has 14 heavy (non-hydrogen) atoms. The first-order valence-electron chi connectivity index (χ1n) is 3.79. The molecule has 0 radical (unpaired) electrons. The van der Waals surface area contributed by atoms with Gasteiger partial charge in [0.2, 0.25) is 0 Å². The van der Waals surface area contributed by atoms with Gasteiger partial charge < -0.3 is 10.1 Å². The minimum atomic E-state index is -2.81. The second-order valence-corrected chi connectivity index (χ2v) is 2.25. The summed E-state index contributed by atoms with van der Waals surface area (Å²) in [5.41, 5.74) is -0.862. The fourth-order valence-corrected chi connectivity index (χ4v) is 0.827. The van der Waals surface area contributed by atoms with E-state index < -0.39 is 18.1 Å². The van der Waals surface area contributed by atoms with Crippen molar-refractivity contribution in [2.45, 2.75) is 6.43 Å². The Kier molecular flexibility index (Phi) is 5.43. The molecule has 0 rings (SSSR count). The number of halogens is 2. The van der Waals surface area contributed by atoms with Crippen LogP contribution < -0.4 is 5.32 Å². The molecule has 0 amide bonds. The van der Waals surface area contributed by atoms with Gasteiger partial charge in [0.15, 0.2) is 0 Å². The quantitative estimate of drug-likeness (QED) is 0.416. The summed E-state index contributed by atoms with van der Waals surface area (Å²) in [6.45, 7) is 0. The van der Waals surface area contributed by atoms with Crippen LogP contribution in [0.1, 0.15) is 0 Å². The molecule has 0 aliphatic rings. The van der Waals surface area contributed by atoms with Gasteiger partial charge >= 0.3 is 5.97 Å². The number of hydrogen-bond donors (Lipinski definition) is 1. The second-order valence-electron chi connectivity index (χ2n) is 2.25. The van der Waals surface area contributed by atoms with E-state index >= 15 is 0 Å². The van der Waals surface area contributed by atoms with Gasteiger partial charge in [0.25, 0.3) is 6.43 Å². The lowest BCUT2D eigenvalue weighted by Crippen LogP contribution is -2.22. The minimum absolute atomic E-state index is 0.271.